The summed E-state index contributed by atoms with van der Waals surface area (Å²) in [6.45, 7) is 1.80. The van der Waals surface area contributed by atoms with Gasteiger partial charge >= 0.3 is 5.97 Å². The standard InChI is InChI=1S/C19H23N3O4/c1-13-4-2-3-5-16(13)22-18(24)12-26-19(25)14-6-8-15(9-7-14)21-17(23)10-11-20/h6-9,13,16H,2-5,10,12H2,1H3,(H,21,23)(H,22,24)/t13-,16-/m1/s1. The summed E-state index contributed by atoms with van der Waals surface area (Å²) in [6, 6.07) is 7.95. The van der Waals surface area contributed by atoms with Crippen molar-refractivity contribution >= 4 is 23.5 Å². The number of carbonyl (C=O) groups excluding carboxylic acids is 3. The second-order valence-electron chi connectivity index (χ2n) is 6.47. The maximum atomic E-state index is 12.0. The maximum Gasteiger partial charge on any atom is 0.338 e. The molecule has 0 aliphatic heterocycles. The van der Waals surface area contributed by atoms with Crippen molar-refractivity contribution in [2.24, 2.45) is 5.92 Å². The van der Waals surface area contributed by atoms with Crippen LogP contribution in [0.5, 0.6) is 0 Å². The van der Waals surface area contributed by atoms with Crippen molar-refractivity contribution in [3.05, 3.63) is 29.8 Å². The SMILES string of the molecule is C[C@@H]1CCCC[C@H]1NC(=O)COC(=O)c1ccc(NC(=O)CC#N)cc1. The molecule has 0 aromatic heterocycles. The Morgan fingerprint density at radius 2 is 1.85 bits per heavy atom. The van der Waals surface area contributed by atoms with Crippen LogP contribution in [-0.4, -0.2) is 30.4 Å². The average molecular weight is 357 g/mol. The molecule has 0 unspecified atom stereocenters. The van der Waals surface area contributed by atoms with Crippen LogP contribution in [0.1, 0.15) is 49.4 Å². The Morgan fingerprint density at radius 3 is 2.50 bits per heavy atom. The average Bonchev–Trinajstić information content (AvgIpc) is 2.62. The molecule has 26 heavy (non-hydrogen) atoms. The van der Waals surface area contributed by atoms with Gasteiger partial charge in [-0.05, 0) is 43.0 Å². The van der Waals surface area contributed by atoms with Crippen LogP contribution in [0.15, 0.2) is 24.3 Å². The molecule has 1 saturated carbocycles. The molecule has 0 saturated heterocycles. The molecule has 1 aromatic rings. The van der Waals surface area contributed by atoms with Gasteiger partial charge in [0.2, 0.25) is 5.91 Å². The van der Waals surface area contributed by atoms with E-state index in [0.29, 0.717) is 11.6 Å². The number of anilines is 1. The minimum atomic E-state index is -0.605. The van der Waals surface area contributed by atoms with Crippen LogP contribution in [0.2, 0.25) is 0 Å². The van der Waals surface area contributed by atoms with Gasteiger partial charge in [0.05, 0.1) is 11.6 Å². The molecule has 1 aliphatic carbocycles. The molecule has 0 spiro atoms. The van der Waals surface area contributed by atoms with Crippen LogP contribution in [0.4, 0.5) is 5.69 Å². The van der Waals surface area contributed by atoms with Crippen LogP contribution in [0, 0.1) is 17.2 Å². The first-order valence-electron chi connectivity index (χ1n) is 8.73. The Morgan fingerprint density at radius 1 is 1.15 bits per heavy atom. The van der Waals surface area contributed by atoms with Crippen molar-refractivity contribution in [1.82, 2.24) is 5.32 Å². The minimum absolute atomic E-state index is 0.145. The first kappa shape index (κ1) is 19.4. The number of esters is 1. The highest BCUT2D eigenvalue weighted by Gasteiger charge is 2.23. The number of rotatable bonds is 6. The zero-order chi connectivity index (χ0) is 18.9. The van der Waals surface area contributed by atoms with Crippen molar-refractivity contribution in [2.75, 3.05) is 11.9 Å². The lowest BCUT2D eigenvalue weighted by atomic mass is 9.86. The molecule has 7 nitrogen and oxygen atoms in total. The highest BCUT2D eigenvalue weighted by atomic mass is 16.5. The molecule has 2 amide bonds. The Bertz CT molecular complexity index is 694. The topological polar surface area (TPSA) is 108 Å². The van der Waals surface area contributed by atoms with Gasteiger partial charge in [-0.15, -0.1) is 0 Å². The molecule has 7 heteroatoms. The van der Waals surface area contributed by atoms with E-state index < -0.39 is 11.9 Å². The molecule has 0 bridgehead atoms. The number of ether oxygens (including phenoxy) is 1. The summed E-state index contributed by atoms with van der Waals surface area (Å²) >= 11 is 0. The van der Waals surface area contributed by atoms with E-state index in [1.54, 1.807) is 6.07 Å². The van der Waals surface area contributed by atoms with Crippen LogP contribution in [-0.2, 0) is 14.3 Å². The predicted octanol–water partition coefficient (Wildman–Crippen LogP) is 2.39. The third kappa shape index (κ3) is 5.88. The van der Waals surface area contributed by atoms with Crippen LogP contribution < -0.4 is 10.6 Å². The largest absolute Gasteiger partial charge is 0.452 e. The first-order chi connectivity index (χ1) is 12.5. The number of nitrogens with zero attached hydrogens (tertiary/aromatic N) is 1. The van der Waals surface area contributed by atoms with E-state index >= 15 is 0 Å². The molecule has 2 N–H and O–H groups in total. The number of hydrogen-bond donors (Lipinski definition) is 2. The molecule has 2 rings (SSSR count). The number of nitriles is 1. The van der Waals surface area contributed by atoms with Crippen molar-refractivity contribution in [3.63, 3.8) is 0 Å². The second-order valence-corrected chi connectivity index (χ2v) is 6.47. The lowest BCUT2D eigenvalue weighted by Crippen LogP contribution is -2.42. The Labute approximate surface area is 152 Å². The Hall–Kier alpha value is -2.88. The van der Waals surface area contributed by atoms with E-state index in [-0.39, 0.29) is 30.5 Å². The van der Waals surface area contributed by atoms with Gasteiger partial charge in [-0.1, -0.05) is 19.8 Å². The zero-order valence-electron chi connectivity index (χ0n) is 14.8. The summed E-state index contributed by atoms with van der Waals surface area (Å²) in [7, 11) is 0. The summed E-state index contributed by atoms with van der Waals surface area (Å²) in [5.74, 6) is -0.882. The highest BCUT2D eigenvalue weighted by molar-refractivity contribution is 5.94. The first-order valence-corrected chi connectivity index (χ1v) is 8.73. The smallest absolute Gasteiger partial charge is 0.338 e. The van der Waals surface area contributed by atoms with Crippen molar-refractivity contribution in [3.8, 4) is 6.07 Å². The summed E-state index contributed by atoms with van der Waals surface area (Å²) in [5, 5.41) is 13.9. The quantitative estimate of drug-likeness (QED) is 0.760. The van der Waals surface area contributed by atoms with Crippen molar-refractivity contribution < 1.29 is 19.1 Å². The summed E-state index contributed by atoms with van der Waals surface area (Å²) in [6.07, 6.45) is 4.11. The maximum absolute atomic E-state index is 12.0. The number of nitrogens with one attached hydrogen (secondary N) is 2. The Balaban J connectivity index is 1.79. The third-order valence-corrected chi connectivity index (χ3v) is 4.44. The third-order valence-electron chi connectivity index (χ3n) is 4.44. The second kappa shape index (κ2) is 9.56. The number of hydrogen-bond acceptors (Lipinski definition) is 5. The zero-order valence-corrected chi connectivity index (χ0v) is 14.8. The van der Waals surface area contributed by atoms with Crippen molar-refractivity contribution in [2.45, 2.75) is 45.1 Å². The van der Waals surface area contributed by atoms with Gasteiger partial charge in [0, 0.05) is 11.7 Å². The van der Waals surface area contributed by atoms with Crippen molar-refractivity contribution in [1.29, 1.82) is 5.26 Å². The van der Waals surface area contributed by atoms with Gasteiger partial charge in [0.25, 0.3) is 5.91 Å². The fourth-order valence-corrected chi connectivity index (χ4v) is 2.96. The molecular weight excluding hydrogens is 334 g/mol. The monoisotopic (exact) mass is 357 g/mol. The molecule has 1 aromatic carbocycles. The van der Waals surface area contributed by atoms with Crippen LogP contribution in [0.25, 0.3) is 0 Å². The highest BCUT2D eigenvalue weighted by Crippen LogP contribution is 2.23. The molecule has 1 fully saturated rings. The normalized spacial score (nSPS) is 19.1. The Kier molecular flexibility index (Phi) is 7.15. The van der Waals surface area contributed by atoms with Gasteiger partial charge in [-0.3, -0.25) is 9.59 Å². The fourth-order valence-electron chi connectivity index (χ4n) is 2.96. The van der Waals surface area contributed by atoms with E-state index in [0.717, 1.165) is 19.3 Å². The van der Waals surface area contributed by atoms with Gasteiger partial charge in [-0.25, -0.2) is 4.79 Å². The molecular formula is C19H23N3O4. The lowest BCUT2D eigenvalue weighted by molar-refractivity contribution is -0.125. The van der Waals surface area contributed by atoms with Gasteiger partial charge in [0.1, 0.15) is 6.42 Å². The predicted molar refractivity (Wildman–Crippen MR) is 95.1 cm³/mol. The molecule has 138 valence electrons. The van der Waals surface area contributed by atoms with Gasteiger partial charge in [-0.2, -0.15) is 5.26 Å². The summed E-state index contributed by atoms with van der Waals surface area (Å²) in [4.78, 5) is 35.3. The van der Waals surface area contributed by atoms with E-state index in [4.69, 9.17) is 10.00 Å². The van der Waals surface area contributed by atoms with Gasteiger partial charge < -0.3 is 15.4 Å². The molecule has 1 aliphatic rings. The number of benzene rings is 1. The van der Waals surface area contributed by atoms with Crippen LogP contribution in [0.3, 0.4) is 0 Å². The number of carbonyl (C=O) groups is 3. The number of amides is 2. The lowest BCUT2D eigenvalue weighted by Gasteiger charge is -2.29. The van der Waals surface area contributed by atoms with E-state index in [9.17, 15) is 14.4 Å². The molecule has 2 atom stereocenters. The minimum Gasteiger partial charge on any atom is -0.452 e. The van der Waals surface area contributed by atoms with E-state index in [1.165, 1.54) is 30.7 Å². The van der Waals surface area contributed by atoms with Crippen LogP contribution >= 0.6 is 0 Å². The van der Waals surface area contributed by atoms with Gasteiger partial charge in [0.15, 0.2) is 6.61 Å². The summed E-state index contributed by atoms with van der Waals surface area (Å²) in [5.41, 5.74) is 0.757. The summed E-state index contributed by atoms with van der Waals surface area (Å²) < 4.78 is 5.04. The van der Waals surface area contributed by atoms with E-state index in [1.807, 2.05) is 0 Å². The van der Waals surface area contributed by atoms with E-state index in [2.05, 4.69) is 17.6 Å². The fraction of sp³-hybridized carbons (Fsp3) is 0.474. The molecule has 0 heterocycles. The molecule has 0 radical (unpaired) electrons.